The predicted molar refractivity (Wildman–Crippen MR) is 121 cm³/mol. The molecule has 3 heterocycles. The Bertz CT molecular complexity index is 1150. The number of fused-ring (bicyclic) bond motifs is 2. The third-order valence-corrected chi connectivity index (χ3v) is 6.82. The van der Waals surface area contributed by atoms with Crippen molar-refractivity contribution < 1.29 is 37.3 Å². The number of ether oxygens (including phenoxy) is 2. The van der Waals surface area contributed by atoms with Gasteiger partial charge < -0.3 is 19.5 Å². The Morgan fingerprint density at radius 2 is 1.80 bits per heavy atom. The lowest BCUT2D eigenvalue weighted by Gasteiger charge is -2.31. The molecule has 2 aromatic rings. The number of hydrogen-bond acceptors (Lipinski definition) is 5. The minimum atomic E-state index is -5.10. The zero-order valence-electron chi connectivity index (χ0n) is 18.9. The van der Waals surface area contributed by atoms with Crippen LogP contribution in [0.5, 0.6) is 11.5 Å². The quantitative estimate of drug-likeness (QED) is 0.657. The van der Waals surface area contributed by atoms with Crippen molar-refractivity contribution in [2.24, 2.45) is 0 Å². The van der Waals surface area contributed by atoms with Gasteiger partial charge in [0.1, 0.15) is 18.1 Å². The Labute approximate surface area is 200 Å². The van der Waals surface area contributed by atoms with E-state index in [1.807, 2.05) is 6.07 Å². The smallest absolute Gasteiger partial charge is 0.471 e. The van der Waals surface area contributed by atoms with Crippen molar-refractivity contribution >= 4 is 23.3 Å². The second-order valence-electron chi connectivity index (χ2n) is 9.07. The van der Waals surface area contributed by atoms with Crippen molar-refractivity contribution in [2.45, 2.75) is 43.8 Å². The van der Waals surface area contributed by atoms with Crippen LogP contribution >= 0.6 is 0 Å². The molecule has 3 aliphatic rings. The van der Waals surface area contributed by atoms with Crippen LogP contribution in [0.15, 0.2) is 36.4 Å². The highest BCUT2D eigenvalue weighted by Crippen LogP contribution is 2.47. The monoisotopic (exact) mass is 490 g/mol. The summed E-state index contributed by atoms with van der Waals surface area (Å²) in [7, 11) is 0. The molecule has 10 heteroatoms. The molecule has 5 rings (SSSR count). The summed E-state index contributed by atoms with van der Waals surface area (Å²) in [5, 5.41) is 9.11. The number of amides is 1. The number of piperidine rings is 1. The van der Waals surface area contributed by atoms with Crippen molar-refractivity contribution in [3.8, 4) is 11.5 Å². The van der Waals surface area contributed by atoms with Crippen LogP contribution in [0.1, 0.15) is 48.8 Å². The Kier molecular flexibility index (Phi) is 5.98. The topological polar surface area (TPSA) is 79.3 Å². The van der Waals surface area contributed by atoms with Gasteiger partial charge in [-0.05, 0) is 31.4 Å². The van der Waals surface area contributed by atoms with E-state index >= 15 is 0 Å². The number of rotatable bonds is 5. The fourth-order valence-corrected chi connectivity index (χ4v) is 5.18. The van der Waals surface area contributed by atoms with Gasteiger partial charge in [0.25, 0.3) is 0 Å². The van der Waals surface area contributed by atoms with Crippen LogP contribution in [-0.4, -0.2) is 49.5 Å². The van der Waals surface area contributed by atoms with Gasteiger partial charge >= 0.3 is 18.1 Å². The normalized spacial score (nSPS) is 21.1. The summed E-state index contributed by atoms with van der Waals surface area (Å²) in [5.74, 6) is -2.59. The summed E-state index contributed by atoms with van der Waals surface area (Å²) in [5.41, 5.74) is 1.98. The first kappa shape index (κ1) is 23.3. The zero-order chi connectivity index (χ0) is 24.7. The van der Waals surface area contributed by atoms with E-state index in [2.05, 4.69) is 4.90 Å². The summed E-state index contributed by atoms with van der Waals surface area (Å²) >= 11 is 0. The molecular formula is C25H25F3N2O5. The number of anilines is 2. The Balaban J connectivity index is 1.52. The van der Waals surface area contributed by atoms with Crippen LogP contribution < -0.4 is 19.3 Å². The molecule has 2 atom stereocenters. The van der Waals surface area contributed by atoms with E-state index in [4.69, 9.17) is 14.6 Å². The molecule has 0 bridgehead atoms. The number of para-hydroxylation sites is 1. The summed E-state index contributed by atoms with van der Waals surface area (Å²) in [6, 6.07) is 8.74. The van der Waals surface area contributed by atoms with Gasteiger partial charge in [-0.2, -0.15) is 13.2 Å². The molecule has 0 spiro atoms. The van der Waals surface area contributed by atoms with Gasteiger partial charge in [0.05, 0.1) is 24.8 Å². The summed E-state index contributed by atoms with van der Waals surface area (Å²) in [6.07, 6.45) is -2.05. The van der Waals surface area contributed by atoms with Gasteiger partial charge in [0, 0.05) is 41.9 Å². The number of carbonyl (C=O) groups excluding carboxylic acids is 1. The molecule has 2 aromatic carbocycles. The van der Waals surface area contributed by atoms with Crippen molar-refractivity contribution in [1.29, 1.82) is 0 Å². The van der Waals surface area contributed by atoms with Gasteiger partial charge in [0.15, 0.2) is 0 Å². The van der Waals surface area contributed by atoms with Crippen molar-refractivity contribution in [3.05, 3.63) is 47.5 Å². The molecular weight excluding hydrogens is 465 g/mol. The number of aliphatic carboxylic acids is 1. The number of carboxylic acids is 1. The van der Waals surface area contributed by atoms with Gasteiger partial charge in [-0.3, -0.25) is 14.5 Å². The number of nitrogens with zero attached hydrogens (tertiary/aromatic N) is 2. The number of benzene rings is 2. The first-order valence-electron chi connectivity index (χ1n) is 11.6. The highest BCUT2D eigenvalue weighted by Gasteiger charge is 2.48. The largest absolute Gasteiger partial charge is 0.493 e. The van der Waals surface area contributed by atoms with Gasteiger partial charge in [0.2, 0.25) is 0 Å². The highest BCUT2D eigenvalue weighted by atomic mass is 19.4. The van der Waals surface area contributed by atoms with Crippen molar-refractivity contribution in [2.75, 3.05) is 36.1 Å². The molecule has 0 radical (unpaired) electrons. The second-order valence-corrected chi connectivity index (χ2v) is 9.07. The summed E-state index contributed by atoms with van der Waals surface area (Å²) in [4.78, 5) is 26.7. The van der Waals surface area contributed by atoms with E-state index in [1.54, 1.807) is 18.2 Å². The zero-order valence-corrected chi connectivity index (χ0v) is 18.9. The van der Waals surface area contributed by atoms with E-state index in [0.29, 0.717) is 16.9 Å². The fourth-order valence-electron chi connectivity index (χ4n) is 5.18. The van der Waals surface area contributed by atoms with Crippen LogP contribution in [0.25, 0.3) is 0 Å². The minimum absolute atomic E-state index is 0.0203. The lowest BCUT2D eigenvalue weighted by atomic mass is 9.97. The van der Waals surface area contributed by atoms with E-state index in [-0.39, 0.29) is 31.1 Å². The number of halogens is 3. The molecule has 0 aromatic heterocycles. The maximum Gasteiger partial charge on any atom is 0.471 e. The third kappa shape index (κ3) is 4.37. The summed E-state index contributed by atoms with van der Waals surface area (Å²) in [6.45, 7) is 1.69. The standard InChI is InChI=1S/C25H25F3N2O5/c26-25(27,28)24(33)30(16-7-8-17-15(11-22(31)32)13-34-21(17)12-16)20-14-35-23-18(20)5-4-6-19(23)29-9-2-1-3-10-29/h4-8,12,15,20H,1-3,9-11,13-14H2,(H,31,32)/t15-,20-/m1/s1. The predicted octanol–water partition coefficient (Wildman–Crippen LogP) is 4.66. The maximum atomic E-state index is 13.7. The molecule has 1 N–H and O–H groups in total. The molecule has 1 saturated heterocycles. The van der Waals surface area contributed by atoms with E-state index in [1.165, 1.54) is 12.1 Å². The Hall–Kier alpha value is -3.43. The van der Waals surface area contributed by atoms with Gasteiger partial charge in [-0.15, -0.1) is 0 Å². The summed E-state index contributed by atoms with van der Waals surface area (Å²) < 4.78 is 52.7. The molecule has 0 aliphatic carbocycles. The van der Waals surface area contributed by atoms with Crippen LogP contribution in [0, 0.1) is 0 Å². The van der Waals surface area contributed by atoms with E-state index < -0.39 is 30.0 Å². The van der Waals surface area contributed by atoms with Gasteiger partial charge in [-0.25, -0.2) is 0 Å². The average Bonchev–Trinajstić information content (AvgIpc) is 3.43. The van der Waals surface area contributed by atoms with E-state index in [0.717, 1.165) is 42.9 Å². The lowest BCUT2D eigenvalue weighted by Crippen LogP contribution is -2.44. The number of carboxylic acid groups (broad SMARTS) is 1. The molecule has 1 fully saturated rings. The van der Waals surface area contributed by atoms with Crippen molar-refractivity contribution in [1.82, 2.24) is 0 Å². The van der Waals surface area contributed by atoms with Crippen LogP contribution in [0.2, 0.25) is 0 Å². The number of hydrogen-bond donors (Lipinski definition) is 1. The number of alkyl halides is 3. The molecule has 7 nitrogen and oxygen atoms in total. The maximum absolute atomic E-state index is 13.7. The Morgan fingerprint density at radius 1 is 1.03 bits per heavy atom. The minimum Gasteiger partial charge on any atom is -0.493 e. The molecule has 186 valence electrons. The van der Waals surface area contributed by atoms with Crippen LogP contribution in [0.4, 0.5) is 24.5 Å². The molecule has 3 aliphatic heterocycles. The van der Waals surface area contributed by atoms with Crippen LogP contribution in [-0.2, 0) is 9.59 Å². The van der Waals surface area contributed by atoms with Crippen molar-refractivity contribution in [3.63, 3.8) is 0 Å². The first-order chi connectivity index (χ1) is 16.7. The average molecular weight is 490 g/mol. The Morgan fingerprint density at radius 3 is 2.51 bits per heavy atom. The van der Waals surface area contributed by atoms with Crippen LogP contribution in [0.3, 0.4) is 0 Å². The van der Waals surface area contributed by atoms with Gasteiger partial charge in [-0.1, -0.05) is 18.2 Å². The first-order valence-corrected chi connectivity index (χ1v) is 11.6. The highest BCUT2D eigenvalue weighted by molar-refractivity contribution is 5.98. The molecule has 35 heavy (non-hydrogen) atoms. The molecule has 0 saturated carbocycles. The number of carbonyl (C=O) groups is 2. The fraction of sp³-hybridized carbons (Fsp3) is 0.440. The molecule has 0 unspecified atom stereocenters. The lowest BCUT2D eigenvalue weighted by molar-refractivity contribution is -0.171. The molecule has 1 amide bonds. The van der Waals surface area contributed by atoms with E-state index in [9.17, 15) is 22.8 Å². The second kappa shape index (κ2) is 8.98. The third-order valence-electron chi connectivity index (χ3n) is 6.82. The SMILES string of the molecule is O=C(O)C[C@@H]1COc2cc(N(C(=O)C(F)(F)F)[C@@H]3COc4c3cccc4N3CCCCC3)ccc21.